The molecule has 0 spiro atoms. The first kappa shape index (κ1) is 12.0. The van der Waals surface area contributed by atoms with Gasteiger partial charge in [-0.15, -0.1) is 0 Å². The van der Waals surface area contributed by atoms with Crippen LogP contribution in [0.4, 0.5) is 5.82 Å². The summed E-state index contributed by atoms with van der Waals surface area (Å²) >= 11 is 0. The van der Waals surface area contributed by atoms with Gasteiger partial charge in [-0.05, 0) is 32.4 Å². The molecule has 5 heteroatoms. The molecular formula is C13H22N4O. The summed E-state index contributed by atoms with van der Waals surface area (Å²) in [6.07, 6.45) is 5.24. The quantitative estimate of drug-likeness (QED) is 0.847. The Morgan fingerprint density at radius 2 is 2.06 bits per heavy atom. The smallest absolute Gasteiger partial charge is 0.126 e. The zero-order valence-electron chi connectivity index (χ0n) is 10.8. The van der Waals surface area contributed by atoms with E-state index in [9.17, 15) is 5.11 Å². The molecule has 0 saturated carbocycles. The van der Waals surface area contributed by atoms with E-state index < -0.39 is 0 Å². The number of aliphatic hydroxyl groups excluding tert-OH is 1. The van der Waals surface area contributed by atoms with E-state index >= 15 is 0 Å². The predicted molar refractivity (Wildman–Crippen MR) is 70.7 cm³/mol. The van der Waals surface area contributed by atoms with Crippen molar-refractivity contribution in [2.75, 3.05) is 37.6 Å². The van der Waals surface area contributed by atoms with Crippen molar-refractivity contribution in [3.63, 3.8) is 0 Å². The third-order valence-corrected chi connectivity index (χ3v) is 4.01. The topological polar surface area (TPSA) is 44.5 Å². The molecule has 0 aliphatic carbocycles. The molecule has 2 aliphatic rings. The Balaban J connectivity index is 1.60. The summed E-state index contributed by atoms with van der Waals surface area (Å²) in [4.78, 5) is 4.74. The molecule has 1 atom stereocenters. The number of likely N-dealkylation sites (tertiary alicyclic amines) is 1. The van der Waals surface area contributed by atoms with E-state index in [4.69, 9.17) is 0 Å². The lowest BCUT2D eigenvalue weighted by molar-refractivity contribution is 0.198. The van der Waals surface area contributed by atoms with Crippen LogP contribution in [0, 0.1) is 0 Å². The SMILES string of the molecule is OC1CCN(c2ccnn2CCN2CCCC2)C1. The fourth-order valence-corrected chi connectivity index (χ4v) is 2.96. The minimum Gasteiger partial charge on any atom is -0.391 e. The van der Waals surface area contributed by atoms with Crippen LogP contribution in [0.2, 0.25) is 0 Å². The highest BCUT2D eigenvalue weighted by Gasteiger charge is 2.23. The molecule has 5 nitrogen and oxygen atoms in total. The number of rotatable bonds is 4. The van der Waals surface area contributed by atoms with E-state index in [0.717, 1.165) is 38.4 Å². The van der Waals surface area contributed by atoms with Gasteiger partial charge >= 0.3 is 0 Å². The number of aromatic nitrogens is 2. The van der Waals surface area contributed by atoms with Crippen LogP contribution in [0.15, 0.2) is 12.3 Å². The molecule has 1 unspecified atom stereocenters. The third-order valence-electron chi connectivity index (χ3n) is 4.01. The summed E-state index contributed by atoms with van der Waals surface area (Å²) in [7, 11) is 0. The predicted octanol–water partition coefficient (Wildman–Crippen LogP) is 0.550. The van der Waals surface area contributed by atoms with Crippen molar-refractivity contribution in [1.82, 2.24) is 14.7 Å². The third kappa shape index (κ3) is 2.52. The Labute approximate surface area is 108 Å². The van der Waals surface area contributed by atoms with E-state index in [1.807, 2.05) is 6.20 Å². The number of hydrogen-bond donors (Lipinski definition) is 1. The van der Waals surface area contributed by atoms with Crippen LogP contribution in [0.25, 0.3) is 0 Å². The average molecular weight is 250 g/mol. The molecule has 100 valence electrons. The van der Waals surface area contributed by atoms with Crippen molar-refractivity contribution in [2.45, 2.75) is 31.9 Å². The summed E-state index contributed by atoms with van der Waals surface area (Å²) in [5, 5.41) is 14.0. The summed E-state index contributed by atoms with van der Waals surface area (Å²) in [6, 6.07) is 2.06. The number of nitrogens with zero attached hydrogens (tertiary/aromatic N) is 4. The number of aliphatic hydroxyl groups is 1. The van der Waals surface area contributed by atoms with Gasteiger partial charge in [0.1, 0.15) is 5.82 Å². The van der Waals surface area contributed by atoms with Crippen molar-refractivity contribution in [1.29, 1.82) is 0 Å². The van der Waals surface area contributed by atoms with Gasteiger partial charge in [-0.1, -0.05) is 0 Å². The fourth-order valence-electron chi connectivity index (χ4n) is 2.96. The molecule has 2 saturated heterocycles. The maximum absolute atomic E-state index is 9.61. The van der Waals surface area contributed by atoms with Gasteiger partial charge in [-0.25, -0.2) is 4.68 Å². The molecule has 2 fully saturated rings. The lowest BCUT2D eigenvalue weighted by atomic mass is 10.3. The molecule has 0 aromatic carbocycles. The molecule has 0 bridgehead atoms. The van der Waals surface area contributed by atoms with Gasteiger partial charge in [0.15, 0.2) is 0 Å². The van der Waals surface area contributed by atoms with Crippen molar-refractivity contribution in [2.24, 2.45) is 0 Å². The lowest BCUT2D eigenvalue weighted by Crippen LogP contribution is -2.28. The second-order valence-electron chi connectivity index (χ2n) is 5.35. The Bertz CT molecular complexity index is 386. The van der Waals surface area contributed by atoms with E-state index in [1.165, 1.54) is 25.9 Å². The molecule has 0 amide bonds. The van der Waals surface area contributed by atoms with Gasteiger partial charge < -0.3 is 14.9 Å². The number of β-amino-alcohol motifs (C(OH)–C–C–N with tert-alkyl or cyclic N) is 1. The van der Waals surface area contributed by atoms with E-state index in [2.05, 4.69) is 25.6 Å². The van der Waals surface area contributed by atoms with Crippen LogP contribution in [-0.4, -0.2) is 58.6 Å². The Morgan fingerprint density at radius 1 is 1.22 bits per heavy atom. The highest BCUT2D eigenvalue weighted by atomic mass is 16.3. The van der Waals surface area contributed by atoms with Crippen LogP contribution < -0.4 is 4.90 Å². The molecule has 18 heavy (non-hydrogen) atoms. The molecule has 1 aromatic heterocycles. The van der Waals surface area contributed by atoms with Gasteiger partial charge in [-0.2, -0.15) is 5.10 Å². The van der Waals surface area contributed by atoms with Crippen molar-refractivity contribution in [3.8, 4) is 0 Å². The molecule has 1 aromatic rings. The number of anilines is 1. The standard InChI is InChI=1S/C13H22N4O/c18-12-4-8-16(11-12)13-3-5-14-17(13)10-9-15-6-1-2-7-15/h3,5,12,18H,1-2,4,6-11H2. The van der Waals surface area contributed by atoms with Crippen LogP contribution in [0.5, 0.6) is 0 Å². The molecular weight excluding hydrogens is 228 g/mol. The van der Waals surface area contributed by atoms with Gasteiger partial charge in [0.05, 0.1) is 18.8 Å². The van der Waals surface area contributed by atoms with Gasteiger partial charge in [0.25, 0.3) is 0 Å². The summed E-state index contributed by atoms with van der Waals surface area (Å²) in [6.45, 7) is 6.20. The molecule has 1 N–H and O–H groups in total. The van der Waals surface area contributed by atoms with Crippen LogP contribution in [0.1, 0.15) is 19.3 Å². The molecule has 3 rings (SSSR count). The average Bonchev–Trinajstić information content (AvgIpc) is 3.07. The lowest BCUT2D eigenvalue weighted by Gasteiger charge is -2.21. The van der Waals surface area contributed by atoms with Gasteiger partial charge in [-0.3, -0.25) is 0 Å². The second kappa shape index (κ2) is 5.28. The zero-order chi connectivity index (χ0) is 12.4. The maximum atomic E-state index is 9.61. The zero-order valence-corrected chi connectivity index (χ0v) is 10.8. The highest BCUT2D eigenvalue weighted by Crippen LogP contribution is 2.20. The van der Waals surface area contributed by atoms with Crippen molar-refractivity contribution < 1.29 is 5.11 Å². The summed E-state index contributed by atoms with van der Waals surface area (Å²) in [5.41, 5.74) is 0. The minimum atomic E-state index is -0.174. The maximum Gasteiger partial charge on any atom is 0.126 e. The Morgan fingerprint density at radius 3 is 2.78 bits per heavy atom. The molecule has 2 aliphatic heterocycles. The van der Waals surface area contributed by atoms with E-state index in [1.54, 1.807) is 0 Å². The first-order valence-corrected chi connectivity index (χ1v) is 7.00. The largest absolute Gasteiger partial charge is 0.391 e. The van der Waals surface area contributed by atoms with Crippen LogP contribution in [-0.2, 0) is 6.54 Å². The molecule has 0 radical (unpaired) electrons. The fraction of sp³-hybridized carbons (Fsp3) is 0.769. The monoisotopic (exact) mass is 250 g/mol. The minimum absolute atomic E-state index is 0.174. The summed E-state index contributed by atoms with van der Waals surface area (Å²) < 4.78 is 2.08. The van der Waals surface area contributed by atoms with Crippen LogP contribution in [0.3, 0.4) is 0 Å². The second-order valence-corrected chi connectivity index (χ2v) is 5.35. The van der Waals surface area contributed by atoms with E-state index in [0.29, 0.717) is 0 Å². The first-order valence-electron chi connectivity index (χ1n) is 7.00. The van der Waals surface area contributed by atoms with Crippen molar-refractivity contribution >= 4 is 5.82 Å². The molecule has 3 heterocycles. The van der Waals surface area contributed by atoms with E-state index in [-0.39, 0.29) is 6.10 Å². The normalized spacial score (nSPS) is 25.2. The van der Waals surface area contributed by atoms with Gasteiger partial charge in [0, 0.05) is 25.7 Å². The van der Waals surface area contributed by atoms with Gasteiger partial charge in [0.2, 0.25) is 0 Å². The summed E-state index contributed by atoms with van der Waals surface area (Å²) in [5.74, 6) is 1.16. The highest BCUT2D eigenvalue weighted by molar-refractivity contribution is 5.39. The Hall–Kier alpha value is -1.07. The van der Waals surface area contributed by atoms with Crippen molar-refractivity contribution in [3.05, 3.63) is 12.3 Å². The first-order chi connectivity index (χ1) is 8.83. The van der Waals surface area contributed by atoms with Crippen LogP contribution >= 0.6 is 0 Å². The number of hydrogen-bond acceptors (Lipinski definition) is 4. The Kier molecular flexibility index (Phi) is 3.52.